The summed E-state index contributed by atoms with van der Waals surface area (Å²) >= 11 is 0. The predicted octanol–water partition coefficient (Wildman–Crippen LogP) is 0.975. The Kier molecular flexibility index (Phi) is 3.46. The molecule has 92 valence electrons. The van der Waals surface area contributed by atoms with Crippen LogP contribution in [0.3, 0.4) is 0 Å². The van der Waals surface area contributed by atoms with Crippen molar-refractivity contribution < 1.29 is 4.79 Å². The Hall–Kier alpha value is -1.78. The van der Waals surface area contributed by atoms with Crippen molar-refractivity contribution in [3.8, 4) is 0 Å². The van der Waals surface area contributed by atoms with Crippen LogP contribution in [0.2, 0.25) is 0 Å². The fourth-order valence-corrected chi connectivity index (χ4v) is 2.00. The van der Waals surface area contributed by atoms with Gasteiger partial charge in [0.05, 0.1) is 6.20 Å². The Morgan fingerprint density at radius 2 is 2.53 bits per heavy atom. The van der Waals surface area contributed by atoms with E-state index < -0.39 is 0 Å². The van der Waals surface area contributed by atoms with E-state index in [4.69, 9.17) is 5.73 Å². The van der Waals surface area contributed by atoms with Crippen molar-refractivity contribution in [3.05, 3.63) is 23.9 Å². The van der Waals surface area contributed by atoms with E-state index in [-0.39, 0.29) is 5.91 Å². The second-order valence-corrected chi connectivity index (χ2v) is 4.43. The van der Waals surface area contributed by atoms with E-state index in [9.17, 15) is 4.79 Å². The van der Waals surface area contributed by atoms with Gasteiger partial charge in [-0.15, -0.1) is 0 Å². The number of aromatic nitrogens is 2. The molecule has 1 aliphatic carbocycles. The number of nitrogens with one attached hydrogen (secondary N) is 1. The van der Waals surface area contributed by atoms with Crippen LogP contribution in [0.1, 0.15) is 24.8 Å². The summed E-state index contributed by atoms with van der Waals surface area (Å²) in [5.74, 6) is 1.08. The lowest BCUT2D eigenvalue weighted by Gasteiger charge is -2.08. The molecule has 17 heavy (non-hydrogen) atoms. The zero-order valence-corrected chi connectivity index (χ0v) is 10.0. The summed E-state index contributed by atoms with van der Waals surface area (Å²) in [6.07, 6.45) is 8.69. The van der Waals surface area contributed by atoms with Crippen molar-refractivity contribution in [2.45, 2.75) is 25.8 Å². The van der Waals surface area contributed by atoms with Gasteiger partial charge in [0.2, 0.25) is 5.91 Å². The first-order valence-corrected chi connectivity index (χ1v) is 5.86. The minimum atomic E-state index is 0.0739. The number of amides is 1. The molecule has 1 atom stereocenters. The van der Waals surface area contributed by atoms with E-state index in [1.807, 2.05) is 0 Å². The van der Waals surface area contributed by atoms with Gasteiger partial charge < -0.3 is 11.1 Å². The largest absolute Gasteiger partial charge is 0.384 e. The molecule has 1 amide bonds. The Bertz CT molecular complexity index is 436. The third kappa shape index (κ3) is 2.87. The van der Waals surface area contributed by atoms with Crippen molar-refractivity contribution in [1.29, 1.82) is 0 Å². The SMILES string of the molecule is Cn1ncc(CNC(=O)CC2C=CCC2)c1N. The first kappa shape index (κ1) is 11.7. The lowest BCUT2D eigenvalue weighted by Crippen LogP contribution is -2.24. The van der Waals surface area contributed by atoms with Gasteiger partial charge in [-0.05, 0) is 18.8 Å². The van der Waals surface area contributed by atoms with Gasteiger partial charge in [0.25, 0.3) is 0 Å². The summed E-state index contributed by atoms with van der Waals surface area (Å²) < 4.78 is 1.60. The maximum atomic E-state index is 11.7. The quantitative estimate of drug-likeness (QED) is 0.763. The summed E-state index contributed by atoms with van der Waals surface area (Å²) in [6, 6.07) is 0. The Balaban J connectivity index is 1.79. The lowest BCUT2D eigenvalue weighted by atomic mass is 10.1. The molecule has 0 radical (unpaired) electrons. The molecule has 5 nitrogen and oxygen atoms in total. The molecule has 0 aliphatic heterocycles. The van der Waals surface area contributed by atoms with Gasteiger partial charge in [-0.25, -0.2) is 0 Å². The van der Waals surface area contributed by atoms with Gasteiger partial charge in [0.15, 0.2) is 0 Å². The Morgan fingerprint density at radius 3 is 3.12 bits per heavy atom. The number of carbonyl (C=O) groups excluding carboxylic acids is 1. The lowest BCUT2D eigenvalue weighted by molar-refractivity contribution is -0.121. The highest BCUT2D eigenvalue weighted by Gasteiger charge is 2.14. The molecule has 0 bridgehead atoms. The number of carbonyl (C=O) groups is 1. The molecule has 3 N–H and O–H groups in total. The second kappa shape index (κ2) is 5.03. The molecule has 5 heteroatoms. The van der Waals surface area contributed by atoms with Crippen molar-refractivity contribution >= 4 is 11.7 Å². The second-order valence-electron chi connectivity index (χ2n) is 4.43. The number of hydrogen-bond donors (Lipinski definition) is 2. The van der Waals surface area contributed by atoms with Crippen LogP contribution in [-0.4, -0.2) is 15.7 Å². The van der Waals surface area contributed by atoms with Crippen molar-refractivity contribution in [2.75, 3.05) is 5.73 Å². The third-order valence-corrected chi connectivity index (χ3v) is 3.10. The molecule has 1 aliphatic rings. The molecule has 0 spiro atoms. The number of nitrogens with zero attached hydrogens (tertiary/aromatic N) is 2. The van der Waals surface area contributed by atoms with Crippen LogP contribution in [0.15, 0.2) is 18.3 Å². The first-order chi connectivity index (χ1) is 8.16. The maximum absolute atomic E-state index is 11.7. The molecule has 1 aromatic heterocycles. The standard InChI is InChI=1S/C12H18N4O/c1-16-12(13)10(8-15-16)7-14-11(17)6-9-4-2-3-5-9/h2,4,8-9H,3,5-7,13H2,1H3,(H,14,17). The maximum Gasteiger partial charge on any atom is 0.220 e. The number of aryl methyl sites for hydroxylation is 1. The van der Waals surface area contributed by atoms with Crippen LogP contribution in [-0.2, 0) is 18.4 Å². The van der Waals surface area contributed by atoms with Gasteiger partial charge in [0, 0.05) is 25.6 Å². The van der Waals surface area contributed by atoms with E-state index in [1.54, 1.807) is 17.9 Å². The molecule has 0 saturated carbocycles. The zero-order chi connectivity index (χ0) is 12.3. The molecular weight excluding hydrogens is 216 g/mol. The van der Waals surface area contributed by atoms with Crippen LogP contribution in [0.25, 0.3) is 0 Å². The molecule has 2 rings (SSSR count). The molecule has 1 aromatic rings. The molecule has 1 unspecified atom stereocenters. The van der Waals surface area contributed by atoms with Crippen LogP contribution in [0.5, 0.6) is 0 Å². The number of nitrogens with two attached hydrogens (primary N) is 1. The predicted molar refractivity (Wildman–Crippen MR) is 65.9 cm³/mol. The summed E-state index contributed by atoms with van der Waals surface area (Å²) in [5, 5.41) is 6.90. The minimum Gasteiger partial charge on any atom is -0.384 e. The summed E-state index contributed by atoms with van der Waals surface area (Å²) in [4.78, 5) is 11.7. The number of allylic oxidation sites excluding steroid dienone is 2. The molecule has 0 aromatic carbocycles. The van der Waals surface area contributed by atoms with Crippen LogP contribution in [0, 0.1) is 5.92 Å². The highest BCUT2D eigenvalue weighted by atomic mass is 16.1. The van der Waals surface area contributed by atoms with Gasteiger partial charge in [-0.2, -0.15) is 5.10 Å². The molecule has 0 saturated heterocycles. The van der Waals surface area contributed by atoms with Gasteiger partial charge >= 0.3 is 0 Å². The van der Waals surface area contributed by atoms with E-state index in [0.717, 1.165) is 18.4 Å². The molecule has 1 heterocycles. The average molecular weight is 234 g/mol. The van der Waals surface area contributed by atoms with Gasteiger partial charge in [-0.1, -0.05) is 12.2 Å². The first-order valence-electron chi connectivity index (χ1n) is 5.86. The third-order valence-electron chi connectivity index (χ3n) is 3.10. The van der Waals surface area contributed by atoms with E-state index >= 15 is 0 Å². The Morgan fingerprint density at radius 1 is 1.71 bits per heavy atom. The van der Waals surface area contributed by atoms with Crippen LogP contribution >= 0.6 is 0 Å². The van der Waals surface area contributed by atoms with E-state index in [2.05, 4.69) is 22.6 Å². The topological polar surface area (TPSA) is 72.9 Å². The summed E-state index contributed by atoms with van der Waals surface area (Å²) in [6.45, 7) is 0.453. The monoisotopic (exact) mass is 234 g/mol. The summed E-state index contributed by atoms with van der Waals surface area (Å²) in [5.41, 5.74) is 6.65. The van der Waals surface area contributed by atoms with Crippen molar-refractivity contribution in [1.82, 2.24) is 15.1 Å². The zero-order valence-electron chi connectivity index (χ0n) is 10.0. The highest BCUT2D eigenvalue weighted by molar-refractivity contribution is 5.76. The molecular formula is C12H18N4O. The number of hydrogen-bond acceptors (Lipinski definition) is 3. The smallest absolute Gasteiger partial charge is 0.220 e. The average Bonchev–Trinajstić information content (AvgIpc) is 2.90. The van der Waals surface area contributed by atoms with Crippen molar-refractivity contribution in [3.63, 3.8) is 0 Å². The fraction of sp³-hybridized carbons (Fsp3) is 0.500. The fourth-order valence-electron chi connectivity index (χ4n) is 2.00. The number of rotatable bonds is 4. The van der Waals surface area contributed by atoms with Gasteiger partial charge in [0.1, 0.15) is 5.82 Å². The normalized spacial score (nSPS) is 18.5. The number of nitrogen functional groups attached to an aromatic ring is 1. The Labute approximate surface area is 101 Å². The highest BCUT2D eigenvalue weighted by Crippen LogP contribution is 2.20. The van der Waals surface area contributed by atoms with E-state index in [1.165, 1.54) is 0 Å². The van der Waals surface area contributed by atoms with E-state index in [0.29, 0.717) is 24.7 Å². The molecule has 0 fully saturated rings. The van der Waals surface area contributed by atoms with Crippen molar-refractivity contribution in [2.24, 2.45) is 13.0 Å². The van der Waals surface area contributed by atoms with Crippen LogP contribution in [0.4, 0.5) is 5.82 Å². The minimum absolute atomic E-state index is 0.0739. The van der Waals surface area contributed by atoms with Crippen LogP contribution < -0.4 is 11.1 Å². The number of anilines is 1. The summed E-state index contributed by atoms with van der Waals surface area (Å²) in [7, 11) is 1.78. The van der Waals surface area contributed by atoms with Gasteiger partial charge in [-0.3, -0.25) is 9.48 Å².